The van der Waals surface area contributed by atoms with Gasteiger partial charge in [-0.15, -0.1) is 0 Å². The van der Waals surface area contributed by atoms with Gasteiger partial charge in [0.1, 0.15) is 51.9 Å². The number of anilines is 4. The monoisotopic (exact) mass is 679 g/mol. The summed E-state index contributed by atoms with van der Waals surface area (Å²) in [7, 11) is 6.74. The van der Waals surface area contributed by atoms with Gasteiger partial charge >= 0.3 is 6.03 Å². The predicted octanol–water partition coefficient (Wildman–Crippen LogP) is 6.89. The SMILES string of the molecule is COc1cc(OC)c(Cl)c(N(COCC[Si](C)(C)C)C(=O)N(C)c2cc(Nc3ccc(CN(C)C)cc3[N+](=O)[O-])ncn2)c1Cl. The number of hydrogen-bond acceptors (Lipinski definition) is 10. The van der Waals surface area contributed by atoms with Crippen molar-refractivity contribution in [2.45, 2.75) is 32.2 Å². The number of halogens is 2. The van der Waals surface area contributed by atoms with Crippen LogP contribution < -0.4 is 24.6 Å². The molecular formula is C29H39Cl2N7O6Si. The Labute approximate surface area is 274 Å². The molecule has 244 valence electrons. The summed E-state index contributed by atoms with van der Waals surface area (Å²) in [6.07, 6.45) is 1.25. The number of nitrogens with zero attached hydrogens (tertiary/aromatic N) is 6. The van der Waals surface area contributed by atoms with E-state index in [1.54, 1.807) is 12.1 Å². The van der Waals surface area contributed by atoms with Gasteiger partial charge in [-0.05, 0) is 31.8 Å². The van der Waals surface area contributed by atoms with Gasteiger partial charge in [0.15, 0.2) is 0 Å². The van der Waals surface area contributed by atoms with Crippen LogP contribution >= 0.6 is 23.2 Å². The van der Waals surface area contributed by atoms with Crippen LogP contribution in [0.1, 0.15) is 5.56 Å². The van der Waals surface area contributed by atoms with Gasteiger partial charge in [-0.1, -0.05) is 48.9 Å². The number of nitro benzene ring substituents is 1. The van der Waals surface area contributed by atoms with Crippen molar-refractivity contribution in [1.29, 1.82) is 0 Å². The Balaban J connectivity index is 1.97. The van der Waals surface area contributed by atoms with Gasteiger partial charge in [0, 0.05) is 46.5 Å². The van der Waals surface area contributed by atoms with E-state index in [1.165, 1.54) is 55.6 Å². The van der Waals surface area contributed by atoms with E-state index in [0.29, 0.717) is 13.2 Å². The largest absolute Gasteiger partial charge is 0.495 e. The van der Waals surface area contributed by atoms with Crippen molar-refractivity contribution in [3.8, 4) is 11.5 Å². The summed E-state index contributed by atoms with van der Waals surface area (Å²) in [5.41, 5.74) is 1.04. The summed E-state index contributed by atoms with van der Waals surface area (Å²) < 4.78 is 16.8. The summed E-state index contributed by atoms with van der Waals surface area (Å²) in [5.74, 6) is 0.933. The van der Waals surface area contributed by atoms with E-state index in [1.807, 2.05) is 19.0 Å². The van der Waals surface area contributed by atoms with Crippen LogP contribution in [0.15, 0.2) is 36.7 Å². The molecule has 0 fully saturated rings. The molecule has 0 aliphatic rings. The first-order valence-corrected chi connectivity index (χ1v) is 18.4. The summed E-state index contributed by atoms with van der Waals surface area (Å²) in [6.45, 7) is 7.46. The summed E-state index contributed by atoms with van der Waals surface area (Å²) in [5, 5.41) is 15.0. The molecule has 0 saturated heterocycles. The minimum absolute atomic E-state index is 0.0916. The van der Waals surface area contributed by atoms with Crippen LogP contribution in [0.25, 0.3) is 0 Å². The van der Waals surface area contributed by atoms with E-state index in [0.717, 1.165) is 11.6 Å². The highest BCUT2D eigenvalue weighted by molar-refractivity contribution is 6.76. The minimum atomic E-state index is -1.42. The van der Waals surface area contributed by atoms with Crippen molar-refractivity contribution in [2.24, 2.45) is 0 Å². The molecule has 0 radical (unpaired) electrons. The van der Waals surface area contributed by atoms with Gasteiger partial charge in [-0.2, -0.15) is 0 Å². The summed E-state index contributed by atoms with van der Waals surface area (Å²) in [4.78, 5) is 38.4. The quantitative estimate of drug-likeness (QED) is 0.0631. The van der Waals surface area contributed by atoms with Crippen LogP contribution in [0.4, 0.5) is 33.5 Å². The Morgan fingerprint density at radius 3 is 2.22 bits per heavy atom. The Bertz CT molecular complexity index is 1490. The molecule has 1 aromatic heterocycles. The van der Waals surface area contributed by atoms with Crippen molar-refractivity contribution in [2.75, 3.05) is 63.8 Å². The standard InChI is InChI=1S/C29H39Cl2N7O6Si/c1-35(2)16-19-9-10-20(21(13-19)38(40)41)34-24-15-25(33-17-32-24)36(3)29(39)37(18-44-11-12-45(6,7)8)28-26(30)22(42-4)14-23(43-5)27(28)31/h9-10,13-15,17H,11-12,16,18H2,1-8H3,(H,32,33,34). The topological polar surface area (TPSA) is 135 Å². The second kappa shape index (κ2) is 15.5. The van der Waals surface area contributed by atoms with Gasteiger partial charge in [0.25, 0.3) is 5.69 Å². The number of rotatable bonds is 14. The van der Waals surface area contributed by atoms with Crippen molar-refractivity contribution < 1.29 is 23.9 Å². The molecule has 0 unspecified atom stereocenters. The highest BCUT2D eigenvalue weighted by atomic mass is 35.5. The van der Waals surface area contributed by atoms with Crippen molar-refractivity contribution in [3.05, 3.63) is 62.4 Å². The lowest BCUT2D eigenvalue weighted by atomic mass is 10.1. The first-order valence-electron chi connectivity index (χ1n) is 13.9. The maximum absolute atomic E-state index is 14.1. The molecule has 0 aliphatic heterocycles. The zero-order valence-electron chi connectivity index (χ0n) is 26.7. The van der Waals surface area contributed by atoms with Gasteiger partial charge in [0.2, 0.25) is 0 Å². The number of carbonyl (C=O) groups excluding carboxylic acids is 1. The summed E-state index contributed by atoms with van der Waals surface area (Å²) in [6, 6.07) is 8.24. The van der Waals surface area contributed by atoms with Crippen LogP contribution in [-0.2, 0) is 11.3 Å². The lowest BCUT2D eigenvalue weighted by Gasteiger charge is -2.30. The van der Waals surface area contributed by atoms with Crippen molar-refractivity contribution in [1.82, 2.24) is 14.9 Å². The van der Waals surface area contributed by atoms with Crippen molar-refractivity contribution in [3.63, 3.8) is 0 Å². The van der Waals surface area contributed by atoms with Gasteiger partial charge in [0.05, 0.1) is 24.8 Å². The number of benzene rings is 2. The highest BCUT2D eigenvalue weighted by Gasteiger charge is 2.30. The fraction of sp³-hybridized carbons (Fsp3) is 0.414. The van der Waals surface area contributed by atoms with Crippen molar-refractivity contribution >= 4 is 66.0 Å². The summed E-state index contributed by atoms with van der Waals surface area (Å²) >= 11 is 13.4. The van der Waals surface area contributed by atoms with E-state index < -0.39 is 19.0 Å². The Morgan fingerprint density at radius 2 is 1.67 bits per heavy atom. The van der Waals surface area contributed by atoms with Crippen LogP contribution in [0, 0.1) is 10.1 Å². The molecule has 3 rings (SSSR count). The number of ether oxygens (including phenoxy) is 3. The molecule has 0 bridgehead atoms. The number of hydrogen-bond donors (Lipinski definition) is 1. The minimum Gasteiger partial charge on any atom is -0.495 e. The Hall–Kier alpha value is -3.69. The molecule has 0 aliphatic carbocycles. The Kier molecular flexibility index (Phi) is 12.4. The van der Waals surface area contributed by atoms with E-state index >= 15 is 0 Å². The van der Waals surface area contributed by atoms with Gasteiger partial charge in [-0.3, -0.25) is 19.9 Å². The third-order valence-corrected chi connectivity index (χ3v) is 9.01. The fourth-order valence-electron chi connectivity index (χ4n) is 4.17. The van der Waals surface area contributed by atoms with E-state index in [9.17, 15) is 14.9 Å². The molecule has 0 atom stereocenters. The van der Waals surface area contributed by atoms with Gasteiger partial charge < -0.3 is 24.4 Å². The van der Waals surface area contributed by atoms with Crippen LogP contribution in [0.2, 0.25) is 35.7 Å². The fourth-order valence-corrected chi connectivity index (χ4v) is 5.63. The lowest BCUT2D eigenvalue weighted by Crippen LogP contribution is -2.43. The third-order valence-electron chi connectivity index (χ3n) is 6.57. The molecule has 3 aromatic rings. The maximum Gasteiger partial charge on any atom is 0.331 e. The molecule has 1 N–H and O–H groups in total. The maximum atomic E-state index is 14.1. The number of aromatic nitrogens is 2. The average Bonchev–Trinajstić information content (AvgIpc) is 2.97. The second-order valence-corrected chi connectivity index (χ2v) is 18.0. The number of amides is 2. The van der Waals surface area contributed by atoms with E-state index in [4.69, 9.17) is 37.4 Å². The third kappa shape index (κ3) is 9.40. The molecule has 2 amide bonds. The average molecular weight is 681 g/mol. The van der Waals surface area contributed by atoms with E-state index in [-0.39, 0.29) is 57.0 Å². The number of carbonyl (C=O) groups is 1. The predicted molar refractivity (Wildman–Crippen MR) is 181 cm³/mol. The smallest absolute Gasteiger partial charge is 0.331 e. The lowest BCUT2D eigenvalue weighted by molar-refractivity contribution is -0.384. The molecule has 2 aromatic carbocycles. The van der Waals surface area contributed by atoms with Crippen LogP contribution in [0.3, 0.4) is 0 Å². The van der Waals surface area contributed by atoms with Crippen LogP contribution in [-0.4, -0.2) is 82.6 Å². The van der Waals surface area contributed by atoms with Gasteiger partial charge in [-0.25, -0.2) is 14.8 Å². The normalized spacial score (nSPS) is 11.4. The molecule has 0 saturated carbocycles. The second-order valence-electron chi connectivity index (χ2n) is 11.6. The zero-order valence-corrected chi connectivity index (χ0v) is 29.2. The number of nitro groups is 1. The molecule has 0 spiro atoms. The number of methoxy groups -OCH3 is 2. The zero-order chi connectivity index (χ0) is 33.5. The van der Waals surface area contributed by atoms with E-state index in [2.05, 4.69) is 34.9 Å². The molecule has 16 heteroatoms. The Morgan fingerprint density at radius 1 is 1.02 bits per heavy atom. The highest BCUT2D eigenvalue weighted by Crippen LogP contribution is 2.46. The first-order chi connectivity index (χ1) is 21.2. The first kappa shape index (κ1) is 35.8. The number of nitrogens with one attached hydrogen (secondary N) is 1. The van der Waals surface area contributed by atoms with Crippen LogP contribution in [0.5, 0.6) is 11.5 Å². The molecule has 13 nitrogen and oxygen atoms in total. The molecule has 45 heavy (non-hydrogen) atoms. The number of urea groups is 1. The molecule has 1 heterocycles. The molecular weight excluding hydrogens is 641 g/mol.